The highest BCUT2D eigenvalue weighted by Crippen LogP contribution is 2.30. The molecule has 0 spiro atoms. The molecule has 2 heteroatoms. The van der Waals surface area contributed by atoms with Gasteiger partial charge in [0, 0.05) is 18.1 Å². The molecule has 0 aromatic carbocycles. The lowest BCUT2D eigenvalue weighted by atomic mass is 9.85. The molecule has 1 N–H and O–H groups in total. The summed E-state index contributed by atoms with van der Waals surface area (Å²) in [5.41, 5.74) is 0. The lowest BCUT2D eigenvalue weighted by molar-refractivity contribution is 0.0951. The minimum absolute atomic E-state index is 0.733. The van der Waals surface area contributed by atoms with E-state index in [0.717, 1.165) is 30.6 Å². The Hall–Kier alpha value is -0.0800. The van der Waals surface area contributed by atoms with Gasteiger partial charge in [0.25, 0.3) is 0 Å². The van der Waals surface area contributed by atoms with E-state index in [0.29, 0.717) is 0 Å². The number of hydrogen-bond donors (Lipinski definition) is 1. The summed E-state index contributed by atoms with van der Waals surface area (Å²) in [4.78, 5) is 2.75. The molecule has 2 fully saturated rings. The highest BCUT2D eigenvalue weighted by atomic mass is 15.2. The second-order valence-corrected chi connectivity index (χ2v) is 6.95. The van der Waals surface area contributed by atoms with Gasteiger partial charge in [-0.15, -0.1) is 0 Å². The van der Waals surface area contributed by atoms with E-state index in [4.69, 9.17) is 0 Å². The van der Waals surface area contributed by atoms with Crippen LogP contribution >= 0.6 is 0 Å². The Morgan fingerprint density at radius 2 is 1.63 bits per heavy atom. The van der Waals surface area contributed by atoms with E-state index in [1.165, 1.54) is 57.8 Å². The molecular weight excluding hydrogens is 232 g/mol. The molecule has 0 aliphatic heterocycles. The Balaban J connectivity index is 1.95. The summed E-state index contributed by atoms with van der Waals surface area (Å²) in [6, 6.07) is 2.36. The van der Waals surface area contributed by atoms with Gasteiger partial charge in [0.15, 0.2) is 0 Å². The van der Waals surface area contributed by atoms with Crippen molar-refractivity contribution in [3.05, 3.63) is 0 Å². The SMILES string of the molecule is CCNC1CCCCCC1N(C)C1CCC(C)CC1. The molecule has 2 saturated carbocycles. The first kappa shape index (κ1) is 15.3. The van der Waals surface area contributed by atoms with E-state index in [1.54, 1.807) is 0 Å². The van der Waals surface area contributed by atoms with Crippen molar-refractivity contribution >= 4 is 0 Å². The van der Waals surface area contributed by atoms with E-state index in [9.17, 15) is 0 Å². The van der Waals surface area contributed by atoms with Crippen LogP contribution in [-0.2, 0) is 0 Å². The van der Waals surface area contributed by atoms with Gasteiger partial charge in [-0.3, -0.25) is 4.90 Å². The maximum Gasteiger partial charge on any atom is 0.0249 e. The molecule has 2 unspecified atom stereocenters. The molecular formula is C17H34N2. The van der Waals surface area contributed by atoms with E-state index >= 15 is 0 Å². The molecule has 0 radical (unpaired) electrons. The third kappa shape index (κ3) is 4.19. The van der Waals surface area contributed by atoms with Gasteiger partial charge in [-0.25, -0.2) is 0 Å². The monoisotopic (exact) mass is 266 g/mol. The summed E-state index contributed by atoms with van der Waals surface area (Å²) >= 11 is 0. The predicted molar refractivity (Wildman–Crippen MR) is 83.5 cm³/mol. The van der Waals surface area contributed by atoms with E-state index in [2.05, 4.69) is 31.1 Å². The average molecular weight is 266 g/mol. The summed E-state index contributed by atoms with van der Waals surface area (Å²) in [5.74, 6) is 0.961. The van der Waals surface area contributed by atoms with Crippen LogP contribution in [0.5, 0.6) is 0 Å². The smallest absolute Gasteiger partial charge is 0.0249 e. The van der Waals surface area contributed by atoms with Gasteiger partial charge < -0.3 is 5.32 Å². The Bertz CT molecular complexity index is 246. The Morgan fingerprint density at radius 1 is 0.947 bits per heavy atom. The zero-order valence-electron chi connectivity index (χ0n) is 13.3. The number of nitrogens with one attached hydrogen (secondary N) is 1. The van der Waals surface area contributed by atoms with Crippen LogP contribution in [0.2, 0.25) is 0 Å². The molecule has 2 nitrogen and oxygen atoms in total. The Labute approximate surface area is 120 Å². The molecule has 2 rings (SSSR count). The fourth-order valence-corrected chi connectivity index (χ4v) is 4.20. The predicted octanol–water partition coefficient (Wildman–Crippen LogP) is 3.81. The lowest BCUT2D eigenvalue weighted by Gasteiger charge is -2.41. The first-order valence-electron chi connectivity index (χ1n) is 8.67. The molecule has 0 aromatic heterocycles. The fraction of sp³-hybridized carbons (Fsp3) is 1.00. The first-order chi connectivity index (χ1) is 9.22. The highest BCUT2D eigenvalue weighted by Gasteiger charge is 2.31. The number of nitrogens with zero attached hydrogens (tertiary/aromatic N) is 1. The maximum absolute atomic E-state index is 3.76. The van der Waals surface area contributed by atoms with Crippen molar-refractivity contribution in [3.8, 4) is 0 Å². The normalized spacial score (nSPS) is 37.3. The molecule has 0 amide bonds. The van der Waals surface area contributed by atoms with Crippen LogP contribution in [0.3, 0.4) is 0 Å². The topological polar surface area (TPSA) is 15.3 Å². The molecule has 2 aliphatic rings. The molecule has 112 valence electrons. The number of hydrogen-bond acceptors (Lipinski definition) is 2. The average Bonchev–Trinajstić information content (AvgIpc) is 2.65. The van der Waals surface area contributed by atoms with Gasteiger partial charge in [-0.2, -0.15) is 0 Å². The summed E-state index contributed by atoms with van der Waals surface area (Å²) in [6.45, 7) is 5.80. The zero-order chi connectivity index (χ0) is 13.7. The van der Waals surface area contributed by atoms with Gasteiger partial charge in [0.1, 0.15) is 0 Å². The summed E-state index contributed by atoms with van der Waals surface area (Å²) < 4.78 is 0. The highest BCUT2D eigenvalue weighted by molar-refractivity contribution is 4.89. The Morgan fingerprint density at radius 3 is 2.32 bits per heavy atom. The molecule has 0 saturated heterocycles. The molecule has 0 heterocycles. The van der Waals surface area contributed by atoms with Gasteiger partial charge in [-0.1, -0.05) is 33.1 Å². The molecule has 0 bridgehead atoms. The standard InChI is InChI=1S/C17H34N2/c1-4-18-16-8-6-5-7-9-17(16)19(3)15-12-10-14(2)11-13-15/h14-18H,4-13H2,1-3H3. The van der Waals surface area contributed by atoms with Crippen molar-refractivity contribution in [1.29, 1.82) is 0 Å². The van der Waals surface area contributed by atoms with Crippen LogP contribution < -0.4 is 5.32 Å². The summed E-state index contributed by atoms with van der Waals surface area (Å²) in [5, 5.41) is 3.76. The van der Waals surface area contributed by atoms with Gasteiger partial charge in [0.05, 0.1) is 0 Å². The van der Waals surface area contributed by atoms with Gasteiger partial charge >= 0.3 is 0 Å². The number of likely N-dealkylation sites (N-methyl/N-ethyl adjacent to an activating group) is 2. The zero-order valence-corrected chi connectivity index (χ0v) is 13.3. The van der Waals surface area contributed by atoms with Crippen molar-refractivity contribution in [2.45, 2.75) is 89.8 Å². The second-order valence-electron chi connectivity index (χ2n) is 6.95. The lowest BCUT2D eigenvalue weighted by Crippen LogP contribution is -2.52. The maximum atomic E-state index is 3.76. The third-order valence-electron chi connectivity index (χ3n) is 5.53. The largest absolute Gasteiger partial charge is 0.313 e. The van der Waals surface area contributed by atoms with Crippen molar-refractivity contribution in [2.24, 2.45) is 5.92 Å². The van der Waals surface area contributed by atoms with Crippen molar-refractivity contribution in [1.82, 2.24) is 10.2 Å². The van der Waals surface area contributed by atoms with Crippen molar-refractivity contribution in [2.75, 3.05) is 13.6 Å². The summed E-state index contributed by atoms with van der Waals surface area (Å²) in [6.07, 6.45) is 12.8. The first-order valence-corrected chi connectivity index (χ1v) is 8.67. The molecule has 0 aromatic rings. The van der Waals surface area contributed by atoms with Crippen molar-refractivity contribution < 1.29 is 0 Å². The van der Waals surface area contributed by atoms with Crippen LogP contribution in [0.15, 0.2) is 0 Å². The van der Waals surface area contributed by atoms with Crippen LogP contribution in [0.25, 0.3) is 0 Å². The minimum Gasteiger partial charge on any atom is -0.313 e. The van der Waals surface area contributed by atoms with Crippen LogP contribution in [0.4, 0.5) is 0 Å². The second kappa shape index (κ2) is 7.64. The Kier molecular flexibility index (Phi) is 6.15. The van der Waals surface area contributed by atoms with E-state index in [1.807, 2.05) is 0 Å². The quantitative estimate of drug-likeness (QED) is 0.779. The number of rotatable bonds is 4. The minimum atomic E-state index is 0.733. The molecule has 2 aliphatic carbocycles. The third-order valence-corrected chi connectivity index (χ3v) is 5.53. The van der Waals surface area contributed by atoms with Gasteiger partial charge in [0.2, 0.25) is 0 Å². The summed E-state index contributed by atoms with van der Waals surface area (Å²) in [7, 11) is 2.40. The van der Waals surface area contributed by atoms with Crippen LogP contribution in [0.1, 0.15) is 71.6 Å². The molecule has 19 heavy (non-hydrogen) atoms. The van der Waals surface area contributed by atoms with Crippen LogP contribution in [0, 0.1) is 5.92 Å². The van der Waals surface area contributed by atoms with Crippen LogP contribution in [-0.4, -0.2) is 36.6 Å². The molecule has 2 atom stereocenters. The van der Waals surface area contributed by atoms with E-state index < -0.39 is 0 Å². The van der Waals surface area contributed by atoms with Gasteiger partial charge in [-0.05, 0) is 58.0 Å². The van der Waals surface area contributed by atoms with Crippen molar-refractivity contribution in [3.63, 3.8) is 0 Å². The fourth-order valence-electron chi connectivity index (χ4n) is 4.20. The van der Waals surface area contributed by atoms with E-state index in [-0.39, 0.29) is 0 Å².